The Hall–Kier alpha value is -2.41. The van der Waals surface area contributed by atoms with E-state index in [4.69, 9.17) is 15.2 Å². The molecule has 1 heterocycles. The molecule has 3 rings (SSSR count). The van der Waals surface area contributed by atoms with Gasteiger partial charge >= 0.3 is 0 Å². The van der Waals surface area contributed by atoms with E-state index < -0.39 is 22.2 Å². The van der Waals surface area contributed by atoms with Crippen LogP contribution < -0.4 is 5.73 Å². The Labute approximate surface area is 128 Å². The molecular formula is C16H16N4O2. The number of amidine groups is 1. The van der Waals surface area contributed by atoms with E-state index in [0.29, 0.717) is 0 Å². The Kier molecular flexibility index (Phi) is 2.69. The predicted molar refractivity (Wildman–Crippen MR) is 78.3 cm³/mol. The van der Waals surface area contributed by atoms with Gasteiger partial charge < -0.3 is 15.2 Å². The number of hydrogen-bond donors (Lipinski definition) is 1. The van der Waals surface area contributed by atoms with Crippen LogP contribution in [-0.4, -0.2) is 26.0 Å². The van der Waals surface area contributed by atoms with Gasteiger partial charge in [-0.2, -0.15) is 10.5 Å². The van der Waals surface area contributed by atoms with Crippen molar-refractivity contribution in [3.05, 3.63) is 35.9 Å². The van der Waals surface area contributed by atoms with Crippen LogP contribution in [0.3, 0.4) is 0 Å². The van der Waals surface area contributed by atoms with Crippen LogP contribution in [0.25, 0.3) is 0 Å². The minimum absolute atomic E-state index is 0.0756. The predicted octanol–water partition coefficient (Wildman–Crippen LogP) is 1.30. The van der Waals surface area contributed by atoms with Gasteiger partial charge in [0.25, 0.3) is 5.91 Å². The molecule has 1 aromatic rings. The molecule has 0 unspecified atom stereocenters. The highest BCUT2D eigenvalue weighted by molar-refractivity contribution is 6.02. The zero-order valence-corrected chi connectivity index (χ0v) is 12.6. The summed E-state index contributed by atoms with van der Waals surface area (Å²) in [4.78, 5) is 4.20. The number of aliphatic imine (C=N–C) groups is 1. The molecule has 0 aromatic heterocycles. The zero-order chi connectivity index (χ0) is 16.2. The Bertz CT molecular complexity index is 744. The molecule has 3 atom stereocenters. The molecule has 6 heteroatoms. The second kappa shape index (κ2) is 4.07. The van der Waals surface area contributed by atoms with Gasteiger partial charge in [0.2, 0.25) is 0 Å². The lowest BCUT2D eigenvalue weighted by Crippen LogP contribution is -2.44. The van der Waals surface area contributed by atoms with Crippen LogP contribution in [0.15, 0.2) is 35.3 Å². The lowest BCUT2D eigenvalue weighted by molar-refractivity contribution is -0.233. The first-order valence-electron chi connectivity index (χ1n) is 6.82. The zero-order valence-electron chi connectivity index (χ0n) is 12.6. The van der Waals surface area contributed by atoms with Crippen LogP contribution in [0.4, 0.5) is 0 Å². The molecular weight excluding hydrogens is 280 g/mol. The van der Waals surface area contributed by atoms with Gasteiger partial charge in [-0.25, -0.2) is 4.99 Å². The van der Waals surface area contributed by atoms with Crippen LogP contribution >= 0.6 is 0 Å². The normalized spacial score (nSPS) is 37.6. The van der Waals surface area contributed by atoms with Crippen molar-refractivity contribution in [3.63, 3.8) is 0 Å². The molecule has 112 valence electrons. The molecule has 22 heavy (non-hydrogen) atoms. The molecule has 1 aliphatic heterocycles. The number of hydrogen-bond acceptors (Lipinski definition) is 6. The summed E-state index contributed by atoms with van der Waals surface area (Å²) in [6.45, 7) is 1.84. The van der Waals surface area contributed by atoms with Crippen LogP contribution in [0.1, 0.15) is 12.5 Å². The van der Waals surface area contributed by atoms with E-state index in [9.17, 15) is 10.5 Å². The van der Waals surface area contributed by atoms with Crippen molar-refractivity contribution in [2.24, 2.45) is 21.6 Å². The van der Waals surface area contributed by atoms with Gasteiger partial charge in [0.1, 0.15) is 5.84 Å². The third-order valence-corrected chi connectivity index (χ3v) is 5.37. The maximum Gasteiger partial charge on any atom is 0.293 e. The number of fused-ring (bicyclic) bond motifs is 1. The van der Waals surface area contributed by atoms with Crippen molar-refractivity contribution < 1.29 is 9.47 Å². The maximum atomic E-state index is 9.99. The summed E-state index contributed by atoms with van der Waals surface area (Å²) in [5.41, 5.74) is 3.43. The molecule has 0 radical (unpaired) electrons. The summed E-state index contributed by atoms with van der Waals surface area (Å²) in [5, 5.41) is 19.9. The van der Waals surface area contributed by atoms with Crippen LogP contribution in [0.2, 0.25) is 0 Å². The molecule has 0 saturated heterocycles. The third-order valence-electron chi connectivity index (χ3n) is 5.37. The number of rotatable bonds is 3. The van der Waals surface area contributed by atoms with Crippen molar-refractivity contribution in [3.8, 4) is 12.1 Å². The van der Waals surface area contributed by atoms with E-state index in [-0.39, 0.29) is 5.84 Å². The average Bonchev–Trinajstić information content (AvgIpc) is 2.98. The Morgan fingerprint density at radius 1 is 1.09 bits per heavy atom. The lowest BCUT2D eigenvalue weighted by atomic mass is 9.84. The number of benzene rings is 1. The number of nitrogens with two attached hydrogens (primary N) is 1. The van der Waals surface area contributed by atoms with Gasteiger partial charge in [-0.05, 0) is 5.56 Å². The standard InChI is InChI=1S/C16H16N4O2/c1-13(11-7-5-4-6-8-11)14(9-17)12(19)20-16(21-2,22-3)15(13,14)10-18/h4-8H,1-3H3,(H2,19,20)/t13-,14-,15+/m1/s1. The van der Waals surface area contributed by atoms with Crippen molar-refractivity contribution in [1.29, 1.82) is 10.5 Å². The molecule has 1 fully saturated rings. The highest BCUT2D eigenvalue weighted by atomic mass is 16.7. The summed E-state index contributed by atoms with van der Waals surface area (Å²) in [6, 6.07) is 13.8. The van der Waals surface area contributed by atoms with Gasteiger partial charge in [-0.15, -0.1) is 0 Å². The SMILES string of the molecule is COC1(OC)N=C(N)[C@]2(C#N)[C@@](C)(c3ccccc3)[C@]12C#N. The summed E-state index contributed by atoms with van der Waals surface area (Å²) < 4.78 is 10.9. The number of nitriles is 2. The van der Waals surface area contributed by atoms with E-state index in [1.54, 1.807) is 0 Å². The van der Waals surface area contributed by atoms with E-state index >= 15 is 0 Å². The van der Waals surface area contributed by atoms with Crippen LogP contribution in [0, 0.1) is 33.5 Å². The first-order chi connectivity index (χ1) is 10.5. The minimum Gasteiger partial charge on any atom is -0.386 e. The molecule has 2 aliphatic rings. The molecule has 0 bridgehead atoms. The lowest BCUT2D eigenvalue weighted by Gasteiger charge is -2.32. The van der Waals surface area contributed by atoms with Crippen LogP contribution in [-0.2, 0) is 14.9 Å². The Morgan fingerprint density at radius 2 is 1.68 bits per heavy atom. The summed E-state index contributed by atoms with van der Waals surface area (Å²) in [6.07, 6.45) is 0. The van der Waals surface area contributed by atoms with Crippen molar-refractivity contribution in [1.82, 2.24) is 0 Å². The molecule has 6 nitrogen and oxygen atoms in total. The Balaban J connectivity index is 2.36. The maximum absolute atomic E-state index is 9.99. The number of ether oxygens (including phenoxy) is 2. The summed E-state index contributed by atoms with van der Waals surface area (Å²) >= 11 is 0. The second-order valence-corrected chi connectivity index (χ2v) is 5.70. The third kappa shape index (κ3) is 1.03. The number of nitrogens with zero attached hydrogens (tertiary/aromatic N) is 3. The van der Waals surface area contributed by atoms with Gasteiger partial charge in [-0.3, -0.25) is 0 Å². The second-order valence-electron chi connectivity index (χ2n) is 5.70. The van der Waals surface area contributed by atoms with Crippen molar-refractivity contribution in [2.75, 3.05) is 14.2 Å². The monoisotopic (exact) mass is 296 g/mol. The van der Waals surface area contributed by atoms with E-state index in [2.05, 4.69) is 17.1 Å². The molecule has 0 amide bonds. The van der Waals surface area contributed by atoms with Crippen molar-refractivity contribution in [2.45, 2.75) is 18.2 Å². The fourth-order valence-electron chi connectivity index (χ4n) is 4.25. The fraction of sp³-hybridized carbons (Fsp3) is 0.438. The molecule has 1 aromatic carbocycles. The highest BCUT2D eigenvalue weighted by Gasteiger charge is 2.99. The largest absolute Gasteiger partial charge is 0.386 e. The van der Waals surface area contributed by atoms with Gasteiger partial charge in [-0.1, -0.05) is 37.3 Å². The van der Waals surface area contributed by atoms with E-state index in [1.165, 1.54) is 14.2 Å². The van der Waals surface area contributed by atoms with Gasteiger partial charge in [0.05, 0.1) is 12.1 Å². The summed E-state index contributed by atoms with van der Waals surface area (Å²) in [7, 11) is 2.80. The van der Waals surface area contributed by atoms with Gasteiger partial charge in [0, 0.05) is 19.6 Å². The highest BCUT2D eigenvalue weighted by Crippen LogP contribution is 2.85. The summed E-state index contributed by atoms with van der Waals surface area (Å²) in [5.74, 6) is -1.52. The molecule has 1 saturated carbocycles. The first kappa shape index (κ1) is 14.5. The first-order valence-corrected chi connectivity index (χ1v) is 6.82. The van der Waals surface area contributed by atoms with Gasteiger partial charge in [0.15, 0.2) is 10.8 Å². The molecule has 2 N–H and O–H groups in total. The minimum atomic E-state index is -1.59. The van der Waals surface area contributed by atoms with E-state index in [0.717, 1.165) is 5.56 Å². The smallest absolute Gasteiger partial charge is 0.293 e. The van der Waals surface area contributed by atoms with E-state index in [1.807, 2.05) is 37.3 Å². The Morgan fingerprint density at radius 3 is 2.14 bits per heavy atom. The van der Waals surface area contributed by atoms with Crippen molar-refractivity contribution >= 4 is 5.84 Å². The average molecular weight is 296 g/mol. The molecule has 0 spiro atoms. The topological polar surface area (TPSA) is 104 Å². The van der Waals surface area contributed by atoms with Crippen LogP contribution in [0.5, 0.6) is 0 Å². The molecule has 1 aliphatic carbocycles. The number of methoxy groups -OCH3 is 2. The quantitative estimate of drug-likeness (QED) is 0.846. The fourth-order valence-corrected chi connectivity index (χ4v) is 4.25.